The number of nitrogens with zero attached hydrogens (tertiary/aromatic N) is 3. The molecule has 4 rings (SSSR count). The summed E-state index contributed by atoms with van der Waals surface area (Å²) in [5.74, 6) is 0.112. The number of nitrogens with one attached hydrogen (secondary N) is 1. The Kier molecular flexibility index (Phi) is 7.45. The summed E-state index contributed by atoms with van der Waals surface area (Å²) in [4.78, 5) is 19.5. The predicted octanol–water partition coefficient (Wildman–Crippen LogP) is 3.82. The molecule has 3 heterocycles. The van der Waals surface area contributed by atoms with Crippen molar-refractivity contribution in [2.45, 2.75) is 46.1 Å². The molecule has 196 valence electrons. The first kappa shape index (κ1) is 26.6. The second-order valence-electron chi connectivity index (χ2n) is 9.85. The zero-order valence-corrected chi connectivity index (χ0v) is 21.4. The fourth-order valence-electron chi connectivity index (χ4n) is 4.85. The van der Waals surface area contributed by atoms with Crippen molar-refractivity contribution in [3.63, 3.8) is 0 Å². The predicted molar refractivity (Wildman–Crippen MR) is 129 cm³/mol. The fourth-order valence-corrected chi connectivity index (χ4v) is 6.09. The molecule has 0 spiro atoms. The molecule has 1 aromatic carbocycles. The van der Waals surface area contributed by atoms with Crippen molar-refractivity contribution in [1.29, 1.82) is 0 Å². The number of carbonyl (C=O) groups is 1. The molecule has 0 aliphatic carbocycles. The van der Waals surface area contributed by atoms with Crippen molar-refractivity contribution < 1.29 is 26.4 Å². The van der Waals surface area contributed by atoms with E-state index in [9.17, 15) is 26.4 Å². The number of hydrogen-bond acceptors (Lipinski definition) is 5. The van der Waals surface area contributed by atoms with E-state index in [4.69, 9.17) is 0 Å². The van der Waals surface area contributed by atoms with E-state index >= 15 is 0 Å². The summed E-state index contributed by atoms with van der Waals surface area (Å²) in [6, 6.07) is 7.02. The van der Waals surface area contributed by atoms with Crippen molar-refractivity contribution in [3.05, 3.63) is 64.5 Å². The number of hydrogen-bond donors (Lipinski definition) is 1. The molecular weight excluding hydrogens is 493 g/mol. The molecule has 1 fully saturated rings. The molecule has 0 radical (unpaired) electrons. The minimum Gasteiger partial charge on any atom is -0.352 e. The molecule has 0 saturated carbocycles. The highest BCUT2D eigenvalue weighted by atomic mass is 32.2. The van der Waals surface area contributed by atoms with Crippen LogP contribution >= 0.6 is 0 Å². The van der Waals surface area contributed by atoms with Crippen molar-refractivity contribution in [3.8, 4) is 0 Å². The van der Waals surface area contributed by atoms with E-state index in [0.717, 1.165) is 29.0 Å². The number of rotatable bonds is 8. The number of alkyl halides is 3. The summed E-state index contributed by atoms with van der Waals surface area (Å²) < 4.78 is 63.8. The standard InChI is InChI=1S/C25H31F3N4O3S/c1-4-36(34,35)32-13-18(14-32)10-30-24(33)19-9-20-15-31(23(16(2)3)22(20)29-11-19)12-17-5-7-21(8-6-17)25(26,27)28/h5-9,11,16,18,23H,4,10,12-15H2,1-3H3,(H,30,33). The first-order valence-corrected chi connectivity index (χ1v) is 13.6. The van der Waals surface area contributed by atoms with Crippen LogP contribution in [-0.4, -0.2) is 53.9 Å². The van der Waals surface area contributed by atoms with E-state index in [1.807, 2.05) is 6.07 Å². The van der Waals surface area contributed by atoms with Gasteiger partial charge in [-0.3, -0.25) is 14.7 Å². The van der Waals surface area contributed by atoms with Crippen LogP contribution in [0, 0.1) is 11.8 Å². The molecule has 2 aromatic rings. The van der Waals surface area contributed by atoms with Crippen LogP contribution in [0.1, 0.15) is 59.6 Å². The number of carbonyl (C=O) groups excluding carboxylic acids is 1. The van der Waals surface area contributed by atoms with Crippen LogP contribution in [0.3, 0.4) is 0 Å². The van der Waals surface area contributed by atoms with Crippen molar-refractivity contribution in [2.24, 2.45) is 11.8 Å². The molecule has 1 unspecified atom stereocenters. The van der Waals surface area contributed by atoms with Gasteiger partial charge in [-0.25, -0.2) is 12.7 Å². The van der Waals surface area contributed by atoms with Crippen LogP contribution in [0.5, 0.6) is 0 Å². The molecule has 1 N–H and O–H groups in total. The Morgan fingerprint density at radius 3 is 2.44 bits per heavy atom. The van der Waals surface area contributed by atoms with E-state index in [2.05, 4.69) is 29.0 Å². The largest absolute Gasteiger partial charge is 0.416 e. The first-order chi connectivity index (χ1) is 16.9. The van der Waals surface area contributed by atoms with E-state index in [1.165, 1.54) is 16.4 Å². The fraction of sp³-hybridized carbons (Fsp3) is 0.520. The third-order valence-corrected chi connectivity index (χ3v) is 8.66. The molecule has 1 saturated heterocycles. The van der Waals surface area contributed by atoms with Gasteiger partial charge in [0.2, 0.25) is 10.0 Å². The number of amides is 1. The lowest BCUT2D eigenvalue weighted by Crippen LogP contribution is -2.54. The summed E-state index contributed by atoms with van der Waals surface area (Å²) in [6.07, 6.45) is -2.81. The molecule has 1 amide bonds. The number of fused-ring (bicyclic) bond motifs is 1. The Morgan fingerprint density at radius 2 is 1.86 bits per heavy atom. The maximum absolute atomic E-state index is 12.9. The Morgan fingerprint density at radius 1 is 1.19 bits per heavy atom. The van der Waals surface area contributed by atoms with Crippen LogP contribution in [0.25, 0.3) is 0 Å². The maximum atomic E-state index is 12.9. The van der Waals surface area contributed by atoms with E-state index < -0.39 is 21.8 Å². The number of sulfonamides is 1. The SMILES string of the molecule is CCS(=O)(=O)N1CC(CNC(=O)c2cnc3c(c2)CN(Cc2ccc(C(F)(F)F)cc2)C3C(C)C)C1. The molecule has 11 heteroatoms. The van der Waals surface area contributed by atoms with Gasteiger partial charge < -0.3 is 5.32 Å². The monoisotopic (exact) mass is 524 g/mol. The van der Waals surface area contributed by atoms with Crippen LogP contribution < -0.4 is 5.32 Å². The van der Waals surface area contributed by atoms with Crippen LogP contribution in [-0.2, 0) is 29.3 Å². The Labute approximate surface area is 209 Å². The van der Waals surface area contributed by atoms with E-state index in [0.29, 0.717) is 38.3 Å². The molecule has 36 heavy (non-hydrogen) atoms. The minimum absolute atomic E-state index is 0.0131. The highest BCUT2D eigenvalue weighted by Gasteiger charge is 2.36. The quantitative estimate of drug-likeness (QED) is 0.568. The second kappa shape index (κ2) is 10.1. The Balaban J connectivity index is 1.39. The zero-order valence-electron chi connectivity index (χ0n) is 20.5. The van der Waals surface area contributed by atoms with Gasteiger partial charge in [0, 0.05) is 44.8 Å². The molecule has 0 bridgehead atoms. The summed E-state index contributed by atoms with van der Waals surface area (Å²) in [7, 11) is -3.18. The first-order valence-electron chi connectivity index (χ1n) is 12.0. The van der Waals surface area contributed by atoms with Gasteiger partial charge in [0.1, 0.15) is 0 Å². The molecule has 2 aliphatic rings. The molecule has 1 aromatic heterocycles. The third-order valence-electron chi connectivity index (χ3n) is 6.84. The highest BCUT2D eigenvalue weighted by molar-refractivity contribution is 7.89. The van der Waals surface area contributed by atoms with Gasteiger partial charge in [0.05, 0.1) is 28.6 Å². The Hall–Kier alpha value is -2.50. The lowest BCUT2D eigenvalue weighted by molar-refractivity contribution is -0.137. The van der Waals surface area contributed by atoms with Gasteiger partial charge in [-0.15, -0.1) is 0 Å². The summed E-state index contributed by atoms with van der Waals surface area (Å²) in [5, 5.41) is 2.88. The van der Waals surface area contributed by atoms with Gasteiger partial charge in [-0.1, -0.05) is 26.0 Å². The smallest absolute Gasteiger partial charge is 0.352 e. The van der Waals surface area contributed by atoms with Crippen molar-refractivity contribution >= 4 is 15.9 Å². The molecule has 2 aliphatic heterocycles. The van der Waals surface area contributed by atoms with Crippen LogP contribution in [0.2, 0.25) is 0 Å². The van der Waals surface area contributed by atoms with Crippen LogP contribution in [0.4, 0.5) is 13.2 Å². The van der Waals surface area contributed by atoms with Crippen molar-refractivity contribution in [2.75, 3.05) is 25.4 Å². The second-order valence-corrected chi connectivity index (χ2v) is 12.1. The van der Waals surface area contributed by atoms with Gasteiger partial charge >= 0.3 is 6.18 Å². The van der Waals surface area contributed by atoms with Crippen LogP contribution in [0.15, 0.2) is 36.5 Å². The average molecular weight is 525 g/mol. The third kappa shape index (κ3) is 5.57. The Bertz CT molecular complexity index is 1210. The van der Waals surface area contributed by atoms with Gasteiger partial charge in [0.15, 0.2) is 0 Å². The highest BCUT2D eigenvalue weighted by Crippen LogP contribution is 2.39. The lowest BCUT2D eigenvalue weighted by atomic mass is 9.99. The normalized spacial score (nSPS) is 19.4. The average Bonchev–Trinajstić information content (AvgIpc) is 3.14. The van der Waals surface area contributed by atoms with Crippen molar-refractivity contribution in [1.82, 2.24) is 19.5 Å². The number of halogens is 3. The number of benzene rings is 1. The molecular formula is C25H31F3N4O3S. The minimum atomic E-state index is -4.37. The van der Waals surface area contributed by atoms with E-state index in [-0.39, 0.29) is 29.5 Å². The number of aromatic nitrogens is 1. The molecule has 1 atom stereocenters. The van der Waals surface area contributed by atoms with E-state index in [1.54, 1.807) is 13.1 Å². The van der Waals surface area contributed by atoms with Gasteiger partial charge in [-0.05, 0) is 42.2 Å². The summed E-state index contributed by atoms with van der Waals surface area (Å²) >= 11 is 0. The maximum Gasteiger partial charge on any atom is 0.416 e. The summed E-state index contributed by atoms with van der Waals surface area (Å²) in [5.41, 5.74) is 2.35. The zero-order chi connectivity index (χ0) is 26.3. The molecule has 7 nitrogen and oxygen atoms in total. The van der Waals surface area contributed by atoms with Gasteiger partial charge in [0.25, 0.3) is 5.91 Å². The topological polar surface area (TPSA) is 82.6 Å². The lowest BCUT2D eigenvalue weighted by Gasteiger charge is -2.37. The number of pyridine rings is 1. The summed E-state index contributed by atoms with van der Waals surface area (Å²) in [6.45, 7) is 7.98. The van der Waals surface area contributed by atoms with Gasteiger partial charge in [-0.2, -0.15) is 13.2 Å².